The van der Waals surface area contributed by atoms with Gasteiger partial charge in [-0.15, -0.1) is 0 Å². The summed E-state index contributed by atoms with van der Waals surface area (Å²) in [7, 11) is 0. The lowest BCUT2D eigenvalue weighted by Gasteiger charge is -2.21. The monoisotopic (exact) mass is 217 g/mol. The molecule has 84 valence electrons. The van der Waals surface area contributed by atoms with E-state index in [4.69, 9.17) is 5.73 Å². The van der Waals surface area contributed by atoms with Crippen LogP contribution in [0, 0.1) is 0 Å². The van der Waals surface area contributed by atoms with Crippen molar-refractivity contribution >= 4 is 16.9 Å². The molecule has 0 saturated heterocycles. The summed E-state index contributed by atoms with van der Waals surface area (Å²) in [6, 6.07) is 3.90. The summed E-state index contributed by atoms with van der Waals surface area (Å²) in [6.45, 7) is 6.11. The number of fused-ring (bicyclic) bond motifs is 1. The van der Waals surface area contributed by atoms with E-state index in [-0.39, 0.29) is 5.41 Å². The lowest BCUT2D eigenvalue weighted by Crippen LogP contribution is -2.22. The number of carbonyl (C=O) groups is 1. The van der Waals surface area contributed by atoms with Gasteiger partial charge in [-0.25, -0.2) is 4.98 Å². The van der Waals surface area contributed by atoms with Crippen molar-refractivity contribution in [3.8, 4) is 0 Å². The first-order chi connectivity index (χ1) is 7.39. The lowest BCUT2D eigenvalue weighted by molar-refractivity contribution is 0.0993. The number of aromatic nitrogens is 2. The number of amides is 1. The highest BCUT2D eigenvalue weighted by Crippen LogP contribution is 2.27. The van der Waals surface area contributed by atoms with Crippen molar-refractivity contribution in [2.75, 3.05) is 0 Å². The quantitative estimate of drug-likeness (QED) is 0.766. The molecule has 0 atom stereocenters. The summed E-state index contributed by atoms with van der Waals surface area (Å²) in [4.78, 5) is 18.6. The van der Waals surface area contributed by atoms with Crippen molar-refractivity contribution < 1.29 is 4.79 Å². The summed E-state index contributed by atoms with van der Waals surface area (Å²) < 4.78 is 0. The Kier molecular flexibility index (Phi) is 2.22. The molecule has 0 fully saturated rings. The van der Waals surface area contributed by atoms with E-state index in [1.807, 2.05) is 32.9 Å². The molecular weight excluding hydrogens is 202 g/mol. The van der Waals surface area contributed by atoms with Crippen molar-refractivity contribution in [3.63, 3.8) is 0 Å². The fourth-order valence-electron chi connectivity index (χ4n) is 1.74. The van der Waals surface area contributed by atoms with E-state index in [0.717, 1.165) is 10.9 Å². The predicted molar refractivity (Wildman–Crippen MR) is 63.3 cm³/mol. The minimum absolute atomic E-state index is 0.150. The Labute approximate surface area is 93.9 Å². The Bertz CT molecular complexity index is 549. The van der Waals surface area contributed by atoms with Gasteiger partial charge in [0.05, 0.1) is 0 Å². The Hall–Kier alpha value is -1.84. The van der Waals surface area contributed by atoms with Crippen LogP contribution in [0.5, 0.6) is 0 Å². The summed E-state index contributed by atoms with van der Waals surface area (Å²) in [6.07, 6.45) is 1.80. The number of primary amides is 1. The minimum Gasteiger partial charge on any atom is -0.364 e. The third kappa shape index (κ3) is 1.66. The van der Waals surface area contributed by atoms with Crippen LogP contribution >= 0.6 is 0 Å². The largest absolute Gasteiger partial charge is 0.364 e. The van der Waals surface area contributed by atoms with Crippen LogP contribution in [0.2, 0.25) is 0 Å². The molecule has 0 saturated carbocycles. The van der Waals surface area contributed by atoms with E-state index in [0.29, 0.717) is 11.3 Å². The van der Waals surface area contributed by atoms with Gasteiger partial charge in [-0.3, -0.25) is 4.79 Å². The predicted octanol–water partition coefficient (Wildman–Crippen LogP) is 1.96. The highest BCUT2D eigenvalue weighted by molar-refractivity contribution is 5.95. The maximum Gasteiger partial charge on any atom is 0.267 e. The Morgan fingerprint density at radius 1 is 1.44 bits per heavy atom. The molecule has 0 unspecified atom stereocenters. The lowest BCUT2D eigenvalue weighted by atomic mass is 9.85. The molecule has 0 aliphatic rings. The maximum atomic E-state index is 11.4. The first-order valence-corrected chi connectivity index (χ1v) is 5.18. The van der Waals surface area contributed by atoms with Crippen molar-refractivity contribution in [2.45, 2.75) is 26.2 Å². The zero-order chi connectivity index (χ0) is 11.9. The first kappa shape index (κ1) is 10.7. The van der Waals surface area contributed by atoms with Crippen molar-refractivity contribution in [2.24, 2.45) is 5.73 Å². The molecule has 2 aromatic rings. The van der Waals surface area contributed by atoms with Crippen LogP contribution in [-0.2, 0) is 5.41 Å². The smallest absolute Gasteiger partial charge is 0.267 e. The van der Waals surface area contributed by atoms with Crippen molar-refractivity contribution in [1.82, 2.24) is 9.97 Å². The topological polar surface area (TPSA) is 71.8 Å². The highest BCUT2D eigenvalue weighted by atomic mass is 16.1. The Balaban J connectivity index is 2.77. The fraction of sp³-hybridized carbons (Fsp3) is 0.333. The van der Waals surface area contributed by atoms with Gasteiger partial charge in [0.15, 0.2) is 0 Å². The van der Waals surface area contributed by atoms with E-state index in [1.54, 1.807) is 6.20 Å². The molecule has 3 N–H and O–H groups in total. The zero-order valence-electron chi connectivity index (χ0n) is 9.66. The average molecular weight is 217 g/mol. The molecule has 0 spiro atoms. The number of pyridine rings is 1. The number of hydrogen-bond donors (Lipinski definition) is 2. The molecule has 2 rings (SSSR count). The molecule has 2 aromatic heterocycles. The van der Waals surface area contributed by atoms with Gasteiger partial charge in [0.1, 0.15) is 11.3 Å². The van der Waals surface area contributed by atoms with Crippen LogP contribution in [0.15, 0.2) is 18.3 Å². The molecule has 16 heavy (non-hydrogen) atoms. The molecule has 0 aliphatic carbocycles. The summed E-state index contributed by atoms with van der Waals surface area (Å²) in [5.74, 6) is -0.485. The second kappa shape index (κ2) is 3.33. The maximum absolute atomic E-state index is 11.4. The number of aromatic amines is 1. The fourth-order valence-corrected chi connectivity index (χ4v) is 1.74. The van der Waals surface area contributed by atoms with Gasteiger partial charge in [0, 0.05) is 11.6 Å². The van der Waals surface area contributed by atoms with Crippen LogP contribution in [0.25, 0.3) is 11.0 Å². The van der Waals surface area contributed by atoms with Crippen LogP contribution in [-0.4, -0.2) is 15.9 Å². The second-order valence-corrected chi connectivity index (χ2v) is 4.91. The standard InChI is InChI=1S/C12H15N3O/c1-12(2,3)8-6-7-4-5-14-11(7)15-9(8)10(13)16/h4-6H,1-3H3,(H2,13,16)(H,14,15). The van der Waals surface area contributed by atoms with E-state index in [1.165, 1.54) is 0 Å². The molecule has 0 aromatic carbocycles. The van der Waals surface area contributed by atoms with Gasteiger partial charge in [-0.2, -0.15) is 0 Å². The van der Waals surface area contributed by atoms with Gasteiger partial charge >= 0.3 is 0 Å². The number of hydrogen-bond acceptors (Lipinski definition) is 2. The van der Waals surface area contributed by atoms with E-state index in [2.05, 4.69) is 9.97 Å². The van der Waals surface area contributed by atoms with E-state index in [9.17, 15) is 4.79 Å². The number of nitrogens with zero attached hydrogens (tertiary/aromatic N) is 1. The molecule has 0 radical (unpaired) electrons. The number of H-pyrrole nitrogens is 1. The summed E-state index contributed by atoms with van der Waals surface area (Å²) in [5.41, 5.74) is 7.13. The Morgan fingerprint density at radius 3 is 2.69 bits per heavy atom. The number of nitrogens with one attached hydrogen (secondary N) is 1. The van der Waals surface area contributed by atoms with E-state index >= 15 is 0 Å². The van der Waals surface area contributed by atoms with Crippen LogP contribution in [0.1, 0.15) is 36.8 Å². The summed E-state index contributed by atoms with van der Waals surface area (Å²) >= 11 is 0. The molecule has 4 nitrogen and oxygen atoms in total. The van der Waals surface area contributed by atoms with Gasteiger partial charge in [0.25, 0.3) is 5.91 Å². The van der Waals surface area contributed by atoms with Crippen molar-refractivity contribution in [1.29, 1.82) is 0 Å². The summed E-state index contributed by atoms with van der Waals surface area (Å²) in [5, 5.41) is 0.995. The van der Waals surface area contributed by atoms with Crippen LogP contribution in [0.4, 0.5) is 0 Å². The molecule has 0 bridgehead atoms. The number of nitrogens with two attached hydrogens (primary N) is 1. The molecule has 1 amide bonds. The third-order valence-electron chi connectivity index (χ3n) is 2.58. The first-order valence-electron chi connectivity index (χ1n) is 5.18. The molecule has 4 heteroatoms. The SMILES string of the molecule is CC(C)(C)c1cc2cc[nH]c2nc1C(N)=O. The average Bonchev–Trinajstić information content (AvgIpc) is 2.60. The van der Waals surface area contributed by atoms with Gasteiger partial charge in [0.2, 0.25) is 0 Å². The molecular formula is C12H15N3O. The third-order valence-corrected chi connectivity index (χ3v) is 2.58. The van der Waals surface area contributed by atoms with Gasteiger partial charge in [-0.05, 0) is 23.1 Å². The minimum atomic E-state index is -0.485. The second-order valence-electron chi connectivity index (χ2n) is 4.91. The Morgan fingerprint density at radius 2 is 2.12 bits per heavy atom. The van der Waals surface area contributed by atoms with E-state index < -0.39 is 5.91 Å². The van der Waals surface area contributed by atoms with Crippen LogP contribution < -0.4 is 5.73 Å². The van der Waals surface area contributed by atoms with Crippen molar-refractivity contribution in [3.05, 3.63) is 29.6 Å². The zero-order valence-corrected chi connectivity index (χ0v) is 9.66. The molecule has 0 aliphatic heterocycles. The normalized spacial score (nSPS) is 11.9. The molecule has 2 heterocycles. The van der Waals surface area contributed by atoms with Gasteiger partial charge < -0.3 is 10.7 Å². The number of carbonyl (C=O) groups excluding carboxylic acids is 1. The van der Waals surface area contributed by atoms with Gasteiger partial charge in [-0.1, -0.05) is 20.8 Å². The highest BCUT2D eigenvalue weighted by Gasteiger charge is 2.22. The van der Waals surface area contributed by atoms with Crippen LogP contribution in [0.3, 0.4) is 0 Å². The number of rotatable bonds is 1.